The molecule has 2 N–H and O–H groups in total. The van der Waals surface area contributed by atoms with Gasteiger partial charge in [-0.1, -0.05) is 13.0 Å². The van der Waals surface area contributed by atoms with Crippen LogP contribution in [0.2, 0.25) is 0 Å². The molecule has 1 saturated heterocycles. The summed E-state index contributed by atoms with van der Waals surface area (Å²) in [5.41, 5.74) is 0.925. The first-order chi connectivity index (χ1) is 21.3. The number of carbonyl (C=O) groups excluding carboxylic acids is 4. The Kier molecular flexibility index (Phi) is 10.4. The summed E-state index contributed by atoms with van der Waals surface area (Å²) in [4.78, 5) is 52.2. The molecule has 12 heteroatoms. The van der Waals surface area contributed by atoms with Crippen LogP contribution in [-0.2, 0) is 14.4 Å². The highest BCUT2D eigenvalue weighted by Crippen LogP contribution is 2.34. The number of methoxy groups -OCH3 is 2. The number of ether oxygens (including phenoxy) is 5. The summed E-state index contributed by atoms with van der Waals surface area (Å²) in [5, 5.41) is 4.94. The zero-order valence-corrected chi connectivity index (χ0v) is 24.8. The number of barbiturate groups is 1. The minimum atomic E-state index is -0.895. The zero-order valence-electron chi connectivity index (χ0n) is 24.8. The summed E-state index contributed by atoms with van der Waals surface area (Å²) in [6, 6.07) is 15.3. The van der Waals surface area contributed by atoms with Crippen LogP contribution in [0.15, 0.2) is 66.2 Å². The van der Waals surface area contributed by atoms with E-state index in [0.717, 1.165) is 11.3 Å². The summed E-state index contributed by atoms with van der Waals surface area (Å²) in [6.07, 6.45) is 2.13. The topological polar surface area (TPSA) is 142 Å². The van der Waals surface area contributed by atoms with Gasteiger partial charge in [-0.2, -0.15) is 0 Å². The Morgan fingerprint density at radius 3 is 2.25 bits per heavy atom. The maximum absolute atomic E-state index is 13.4. The van der Waals surface area contributed by atoms with Gasteiger partial charge in [-0.15, -0.1) is 0 Å². The van der Waals surface area contributed by atoms with Crippen LogP contribution < -0.4 is 39.2 Å². The molecule has 0 bridgehead atoms. The molecule has 3 aromatic rings. The van der Waals surface area contributed by atoms with E-state index in [1.165, 1.54) is 25.3 Å². The first-order valence-electron chi connectivity index (χ1n) is 13.8. The molecule has 0 atom stereocenters. The van der Waals surface area contributed by atoms with Crippen molar-refractivity contribution < 1.29 is 42.9 Å². The molecule has 12 nitrogen and oxygen atoms in total. The molecule has 1 aliphatic heterocycles. The predicted octanol–water partition coefficient (Wildman–Crippen LogP) is 4.58. The number of rotatable bonds is 13. The van der Waals surface area contributed by atoms with Crippen LogP contribution in [0.4, 0.5) is 16.2 Å². The van der Waals surface area contributed by atoms with Crippen LogP contribution in [0, 0.1) is 0 Å². The van der Waals surface area contributed by atoms with Gasteiger partial charge in [0.1, 0.15) is 11.3 Å². The average Bonchev–Trinajstić information content (AvgIpc) is 3.02. The molecule has 1 fully saturated rings. The largest absolute Gasteiger partial charge is 0.497 e. The van der Waals surface area contributed by atoms with Gasteiger partial charge in [-0.3, -0.25) is 19.7 Å². The van der Waals surface area contributed by atoms with Gasteiger partial charge in [0, 0.05) is 11.8 Å². The van der Waals surface area contributed by atoms with Crippen LogP contribution >= 0.6 is 0 Å². The first-order valence-corrected chi connectivity index (χ1v) is 13.8. The van der Waals surface area contributed by atoms with E-state index in [4.69, 9.17) is 23.7 Å². The Hall–Kier alpha value is -5.52. The maximum Gasteiger partial charge on any atom is 0.335 e. The van der Waals surface area contributed by atoms with Gasteiger partial charge in [0.15, 0.2) is 29.6 Å². The number of carbonyl (C=O) groups is 4. The van der Waals surface area contributed by atoms with Crippen LogP contribution in [0.3, 0.4) is 0 Å². The first kappa shape index (κ1) is 31.4. The number of hydrogen-bond donors (Lipinski definition) is 2. The number of urea groups is 1. The Morgan fingerprint density at radius 1 is 0.841 bits per heavy atom. The number of benzene rings is 3. The second kappa shape index (κ2) is 14.6. The van der Waals surface area contributed by atoms with E-state index in [1.54, 1.807) is 62.6 Å². The molecule has 0 unspecified atom stereocenters. The number of amides is 5. The van der Waals surface area contributed by atoms with Crippen LogP contribution in [-0.4, -0.2) is 57.8 Å². The van der Waals surface area contributed by atoms with E-state index in [-0.39, 0.29) is 36.1 Å². The molecule has 1 aliphatic rings. The van der Waals surface area contributed by atoms with Gasteiger partial charge in [0.25, 0.3) is 17.7 Å². The average molecular weight is 604 g/mol. The molecule has 0 aliphatic carbocycles. The molecule has 5 amide bonds. The number of hydrogen-bond acceptors (Lipinski definition) is 9. The Labute approximate surface area is 254 Å². The molecule has 0 aromatic heterocycles. The van der Waals surface area contributed by atoms with E-state index in [1.807, 2.05) is 6.92 Å². The molecule has 4 rings (SSSR count). The van der Waals surface area contributed by atoms with Crippen molar-refractivity contribution in [3.05, 3.63) is 71.8 Å². The Morgan fingerprint density at radius 2 is 1.57 bits per heavy atom. The van der Waals surface area contributed by atoms with E-state index in [2.05, 4.69) is 10.6 Å². The summed E-state index contributed by atoms with van der Waals surface area (Å²) >= 11 is 0. The number of nitrogens with zero attached hydrogens (tertiary/aromatic N) is 1. The predicted molar refractivity (Wildman–Crippen MR) is 163 cm³/mol. The lowest BCUT2D eigenvalue weighted by atomic mass is 10.1. The summed E-state index contributed by atoms with van der Waals surface area (Å²) in [6.45, 7) is 4.20. The van der Waals surface area contributed by atoms with Crippen molar-refractivity contribution >= 4 is 41.2 Å². The maximum atomic E-state index is 13.4. The Bertz CT molecular complexity index is 1570. The standard InChI is InChI=1S/C32H33N3O9/c1-5-15-43-25-14-10-22(18-27(25)41-4)35-31(38)24(30(37)34-32(35)39)16-20-7-13-26(28(17-20)42-6-2)44-19-29(36)33-21-8-11-23(40-3)12-9-21/h7-14,16-18H,5-6,15,19H2,1-4H3,(H,33,36)(H,34,37,39)/b24-16-. The van der Waals surface area contributed by atoms with Crippen molar-refractivity contribution in [3.8, 4) is 28.7 Å². The van der Waals surface area contributed by atoms with Crippen molar-refractivity contribution in [1.82, 2.24) is 5.32 Å². The second-order valence-corrected chi connectivity index (χ2v) is 9.35. The quantitative estimate of drug-likeness (QED) is 0.212. The summed E-state index contributed by atoms with van der Waals surface area (Å²) in [5.74, 6) is -0.0343. The smallest absolute Gasteiger partial charge is 0.335 e. The molecule has 0 saturated carbocycles. The van der Waals surface area contributed by atoms with Crippen LogP contribution in [0.1, 0.15) is 25.8 Å². The fraction of sp³-hybridized carbons (Fsp3) is 0.250. The van der Waals surface area contributed by atoms with Crippen molar-refractivity contribution in [1.29, 1.82) is 0 Å². The highest BCUT2D eigenvalue weighted by molar-refractivity contribution is 6.39. The SMILES string of the molecule is CCCOc1ccc(N2C(=O)NC(=O)/C(=C/c3ccc(OCC(=O)Nc4ccc(OC)cc4)c(OCC)c3)C2=O)cc1OC. The van der Waals surface area contributed by atoms with Gasteiger partial charge in [0.05, 0.1) is 33.1 Å². The van der Waals surface area contributed by atoms with E-state index >= 15 is 0 Å². The van der Waals surface area contributed by atoms with Crippen LogP contribution in [0.25, 0.3) is 6.08 Å². The lowest BCUT2D eigenvalue weighted by molar-refractivity contribution is -0.122. The minimum Gasteiger partial charge on any atom is -0.497 e. The second-order valence-electron chi connectivity index (χ2n) is 9.35. The van der Waals surface area contributed by atoms with Crippen molar-refractivity contribution in [3.63, 3.8) is 0 Å². The van der Waals surface area contributed by atoms with Crippen molar-refractivity contribution in [2.75, 3.05) is 44.3 Å². The number of imide groups is 2. The third-order valence-corrected chi connectivity index (χ3v) is 6.28. The fourth-order valence-electron chi connectivity index (χ4n) is 4.20. The van der Waals surface area contributed by atoms with Gasteiger partial charge in [-0.05, 0) is 73.5 Å². The highest BCUT2D eigenvalue weighted by atomic mass is 16.5. The summed E-state index contributed by atoms with van der Waals surface area (Å²) in [7, 11) is 3.00. The molecule has 1 heterocycles. The molecule has 0 spiro atoms. The van der Waals surface area contributed by atoms with E-state index in [0.29, 0.717) is 40.9 Å². The third kappa shape index (κ3) is 7.46. The third-order valence-electron chi connectivity index (χ3n) is 6.28. The fourth-order valence-corrected chi connectivity index (χ4v) is 4.20. The van der Waals surface area contributed by atoms with Gasteiger partial charge in [0.2, 0.25) is 0 Å². The molecule has 0 radical (unpaired) electrons. The van der Waals surface area contributed by atoms with Gasteiger partial charge in [-0.25, -0.2) is 9.69 Å². The van der Waals surface area contributed by atoms with Gasteiger partial charge < -0.3 is 29.0 Å². The molecular formula is C32H33N3O9. The molecule has 44 heavy (non-hydrogen) atoms. The minimum absolute atomic E-state index is 0.193. The Balaban J connectivity index is 1.53. The van der Waals surface area contributed by atoms with Crippen molar-refractivity contribution in [2.45, 2.75) is 20.3 Å². The number of anilines is 2. The lowest BCUT2D eigenvalue weighted by Gasteiger charge is -2.27. The molecule has 3 aromatic carbocycles. The number of nitrogens with one attached hydrogen (secondary N) is 2. The summed E-state index contributed by atoms with van der Waals surface area (Å²) < 4.78 is 27.5. The van der Waals surface area contributed by atoms with Crippen molar-refractivity contribution in [2.24, 2.45) is 0 Å². The monoisotopic (exact) mass is 603 g/mol. The highest BCUT2D eigenvalue weighted by Gasteiger charge is 2.37. The normalized spacial score (nSPS) is 13.8. The molecular weight excluding hydrogens is 570 g/mol. The van der Waals surface area contributed by atoms with E-state index < -0.39 is 17.8 Å². The van der Waals surface area contributed by atoms with Crippen LogP contribution in [0.5, 0.6) is 28.7 Å². The van der Waals surface area contributed by atoms with E-state index in [9.17, 15) is 19.2 Å². The van der Waals surface area contributed by atoms with Gasteiger partial charge >= 0.3 is 6.03 Å². The zero-order chi connectivity index (χ0) is 31.6. The lowest BCUT2D eigenvalue weighted by Crippen LogP contribution is -2.54. The molecule has 230 valence electrons.